The summed E-state index contributed by atoms with van der Waals surface area (Å²) in [6.07, 6.45) is 1.14. The number of rotatable bonds is 4. The second-order valence-corrected chi connectivity index (χ2v) is 5.29. The molecule has 1 saturated heterocycles. The average molecular weight is 286 g/mol. The van der Waals surface area contributed by atoms with Crippen molar-refractivity contribution in [3.05, 3.63) is 24.3 Å². The lowest BCUT2D eigenvalue weighted by molar-refractivity contribution is -0.126. The number of hydrogen-bond acceptors (Lipinski definition) is 3. The Balaban J connectivity index is 1.80. The van der Waals surface area contributed by atoms with Crippen LogP contribution in [0.4, 0.5) is 5.82 Å². The Bertz CT molecular complexity index is 679. The molecule has 1 fully saturated rings. The van der Waals surface area contributed by atoms with Crippen LogP contribution in [0.5, 0.6) is 0 Å². The molecule has 0 saturated carbocycles. The molecule has 1 aliphatic heterocycles. The molecule has 0 spiro atoms. The first-order valence-corrected chi connectivity index (χ1v) is 7.22. The fourth-order valence-electron chi connectivity index (χ4n) is 2.64. The lowest BCUT2D eigenvalue weighted by Crippen LogP contribution is -2.33. The third-order valence-electron chi connectivity index (χ3n) is 3.75. The number of para-hydroxylation sites is 1. The first-order valence-electron chi connectivity index (χ1n) is 7.22. The van der Waals surface area contributed by atoms with Crippen LogP contribution in [0.1, 0.15) is 19.8 Å². The van der Waals surface area contributed by atoms with Crippen LogP contribution in [-0.4, -0.2) is 35.1 Å². The van der Waals surface area contributed by atoms with Gasteiger partial charge in [0.15, 0.2) is 5.82 Å². The Morgan fingerprint density at radius 2 is 2.29 bits per heavy atom. The molecule has 1 unspecified atom stereocenters. The number of anilines is 1. The topological polar surface area (TPSA) is 78.1 Å². The third-order valence-corrected chi connectivity index (χ3v) is 3.75. The maximum absolute atomic E-state index is 12.2. The van der Waals surface area contributed by atoms with Crippen LogP contribution in [0.2, 0.25) is 0 Å². The standard InChI is InChI=1S/C15H18N4O2/c1-2-7-16-15(21)10-8-13(20)19(9-10)14-11-5-3-4-6-12(11)17-18-14/h3-6,10H,2,7-9H2,1H3,(H,16,21)(H,17,18). The van der Waals surface area contributed by atoms with Crippen molar-refractivity contribution in [2.45, 2.75) is 19.8 Å². The predicted octanol–water partition coefficient (Wildman–Crippen LogP) is 1.44. The van der Waals surface area contributed by atoms with Crippen LogP contribution >= 0.6 is 0 Å². The van der Waals surface area contributed by atoms with Crippen LogP contribution < -0.4 is 10.2 Å². The van der Waals surface area contributed by atoms with Crippen molar-refractivity contribution in [2.24, 2.45) is 5.92 Å². The van der Waals surface area contributed by atoms with Crippen molar-refractivity contribution in [3.63, 3.8) is 0 Å². The zero-order valence-electron chi connectivity index (χ0n) is 11.9. The van der Waals surface area contributed by atoms with Gasteiger partial charge >= 0.3 is 0 Å². The highest BCUT2D eigenvalue weighted by molar-refractivity contribution is 6.05. The van der Waals surface area contributed by atoms with E-state index in [-0.39, 0.29) is 24.2 Å². The highest BCUT2D eigenvalue weighted by Gasteiger charge is 2.36. The predicted molar refractivity (Wildman–Crippen MR) is 79.9 cm³/mol. The van der Waals surface area contributed by atoms with Crippen LogP contribution in [0.15, 0.2) is 24.3 Å². The minimum atomic E-state index is -0.292. The van der Waals surface area contributed by atoms with Crippen molar-refractivity contribution in [2.75, 3.05) is 18.0 Å². The molecule has 3 rings (SSSR count). The van der Waals surface area contributed by atoms with E-state index in [4.69, 9.17) is 0 Å². The van der Waals surface area contributed by atoms with Crippen LogP contribution in [0.3, 0.4) is 0 Å². The smallest absolute Gasteiger partial charge is 0.229 e. The van der Waals surface area contributed by atoms with Crippen molar-refractivity contribution < 1.29 is 9.59 Å². The minimum Gasteiger partial charge on any atom is -0.356 e. The molecule has 1 aliphatic rings. The first-order chi connectivity index (χ1) is 10.2. The summed E-state index contributed by atoms with van der Waals surface area (Å²) in [5.41, 5.74) is 0.888. The Kier molecular flexibility index (Phi) is 3.60. The summed E-state index contributed by atoms with van der Waals surface area (Å²) in [6.45, 7) is 3.04. The third kappa shape index (κ3) is 2.49. The van der Waals surface area contributed by atoms with E-state index < -0.39 is 0 Å². The van der Waals surface area contributed by atoms with E-state index in [9.17, 15) is 9.59 Å². The summed E-state index contributed by atoms with van der Waals surface area (Å²) in [5.74, 6) is 0.220. The quantitative estimate of drug-likeness (QED) is 0.892. The molecule has 2 heterocycles. The van der Waals surface area contributed by atoms with Crippen molar-refractivity contribution in [1.82, 2.24) is 15.5 Å². The molecule has 0 bridgehead atoms. The lowest BCUT2D eigenvalue weighted by atomic mass is 10.1. The van der Waals surface area contributed by atoms with Crippen molar-refractivity contribution >= 4 is 28.5 Å². The molecule has 2 N–H and O–H groups in total. The summed E-state index contributed by atoms with van der Waals surface area (Å²) < 4.78 is 0. The SMILES string of the molecule is CCCNC(=O)C1CC(=O)N(c2n[nH]c3ccccc23)C1. The summed E-state index contributed by atoms with van der Waals surface area (Å²) in [6, 6.07) is 7.66. The molecule has 1 aromatic carbocycles. The van der Waals surface area contributed by atoms with E-state index in [0.717, 1.165) is 17.3 Å². The van der Waals surface area contributed by atoms with Crippen molar-refractivity contribution in [3.8, 4) is 0 Å². The first kappa shape index (κ1) is 13.6. The summed E-state index contributed by atoms with van der Waals surface area (Å²) >= 11 is 0. The number of benzene rings is 1. The van der Waals surface area contributed by atoms with Gasteiger partial charge in [-0.15, -0.1) is 0 Å². The van der Waals surface area contributed by atoms with Gasteiger partial charge in [0.2, 0.25) is 11.8 Å². The van der Waals surface area contributed by atoms with Crippen LogP contribution in [-0.2, 0) is 9.59 Å². The molecule has 1 aromatic heterocycles. The van der Waals surface area contributed by atoms with Gasteiger partial charge in [-0.05, 0) is 18.6 Å². The number of aromatic amines is 1. The molecular weight excluding hydrogens is 268 g/mol. The Morgan fingerprint density at radius 3 is 3.10 bits per heavy atom. The lowest BCUT2D eigenvalue weighted by Gasteiger charge is -2.14. The van der Waals surface area contributed by atoms with Gasteiger partial charge in [0.05, 0.1) is 11.4 Å². The maximum atomic E-state index is 12.2. The van der Waals surface area contributed by atoms with Gasteiger partial charge in [-0.2, -0.15) is 5.10 Å². The molecule has 6 heteroatoms. The second kappa shape index (κ2) is 5.55. The fraction of sp³-hybridized carbons (Fsp3) is 0.400. The van der Waals surface area contributed by atoms with Crippen LogP contribution in [0, 0.1) is 5.92 Å². The molecule has 6 nitrogen and oxygen atoms in total. The van der Waals surface area contributed by atoms with Crippen molar-refractivity contribution in [1.29, 1.82) is 0 Å². The van der Waals surface area contributed by atoms with E-state index in [0.29, 0.717) is 18.9 Å². The number of aromatic nitrogens is 2. The van der Waals surface area contributed by atoms with E-state index in [1.807, 2.05) is 31.2 Å². The average Bonchev–Trinajstić information content (AvgIpc) is 3.08. The zero-order chi connectivity index (χ0) is 14.8. The van der Waals surface area contributed by atoms with E-state index in [1.165, 1.54) is 0 Å². The molecule has 21 heavy (non-hydrogen) atoms. The Hall–Kier alpha value is -2.37. The van der Waals surface area contributed by atoms with Gasteiger partial charge in [0.1, 0.15) is 0 Å². The number of amides is 2. The van der Waals surface area contributed by atoms with E-state index in [2.05, 4.69) is 15.5 Å². The monoisotopic (exact) mass is 286 g/mol. The van der Waals surface area contributed by atoms with Gasteiger partial charge in [-0.25, -0.2) is 0 Å². The number of hydrogen-bond donors (Lipinski definition) is 2. The highest BCUT2D eigenvalue weighted by atomic mass is 16.2. The largest absolute Gasteiger partial charge is 0.356 e. The van der Waals surface area contributed by atoms with Gasteiger partial charge in [-0.3, -0.25) is 19.6 Å². The summed E-state index contributed by atoms with van der Waals surface area (Å²) in [5, 5.41) is 10.9. The van der Waals surface area contributed by atoms with Gasteiger partial charge in [-0.1, -0.05) is 19.1 Å². The molecule has 2 amide bonds. The van der Waals surface area contributed by atoms with Gasteiger partial charge < -0.3 is 5.32 Å². The van der Waals surface area contributed by atoms with E-state index >= 15 is 0 Å². The summed E-state index contributed by atoms with van der Waals surface area (Å²) in [4.78, 5) is 25.8. The summed E-state index contributed by atoms with van der Waals surface area (Å²) in [7, 11) is 0. The number of nitrogens with one attached hydrogen (secondary N) is 2. The number of H-pyrrole nitrogens is 1. The molecule has 1 atom stereocenters. The Labute approximate surface area is 122 Å². The molecule has 2 aromatic rings. The Morgan fingerprint density at radius 1 is 1.48 bits per heavy atom. The normalized spacial score (nSPS) is 18.4. The maximum Gasteiger partial charge on any atom is 0.229 e. The van der Waals surface area contributed by atoms with E-state index in [1.54, 1.807) is 4.90 Å². The minimum absolute atomic E-state index is 0.0486. The zero-order valence-corrected chi connectivity index (χ0v) is 11.9. The number of carbonyl (C=O) groups excluding carboxylic acids is 2. The number of carbonyl (C=O) groups is 2. The second-order valence-electron chi connectivity index (χ2n) is 5.29. The number of nitrogens with zero attached hydrogens (tertiary/aromatic N) is 2. The fourth-order valence-corrected chi connectivity index (χ4v) is 2.64. The molecular formula is C15H18N4O2. The molecule has 110 valence electrons. The molecule has 0 radical (unpaired) electrons. The van der Waals surface area contributed by atoms with Gasteiger partial charge in [0, 0.05) is 24.9 Å². The number of fused-ring (bicyclic) bond motifs is 1. The molecule has 0 aliphatic carbocycles. The van der Waals surface area contributed by atoms with Crippen LogP contribution in [0.25, 0.3) is 10.9 Å². The highest BCUT2D eigenvalue weighted by Crippen LogP contribution is 2.29. The van der Waals surface area contributed by atoms with Gasteiger partial charge in [0.25, 0.3) is 0 Å².